The van der Waals surface area contributed by atoms with Gasteiger partial charge in [0, 0.05) is 32.9 Å². The monoisotopic (exact) mass is 272 g/mol. The van der Waals surface area contributed by atoms with Gasteiger partial charge >= 0.3 is 0 Å². The van der Waals surface area contributed by atoms with Gasteiger partial charge < -0.3 is 5.32 Å². The third kappa shape index (κ3) is 2.90. The van der Waals surface area contributed by atoms with E-state index in [0.717, 1.165) is 13.0 Å². The quantitative estimate of drug-likeness (QED) is 0.849. The fourth-order valence-electron chi connectivity index (χ4n) is 2.20. The van der Waals surface area contributed by atoms with Crippen LogP contribution in [0.4, 0.5) is 0 Å². The number of piperidine rings is 1. The van der Waals surface area contributed by atoms with Gasteiger partial charge in [0.1, 0.15) is 4.90 Å². The van der Waals surface area contributed by atoms with Gasteiger partial charge in [-0.15, -0.1) is 0 Å². The maximum Gasteiger partial charge on any atom is 0.245 e. The third-order valence-electron chi connectivity index (χ3n) is 3.28. The Bertz CT molecular complexity index is 491. The van der Waals surface area contributed by atoms with Crippen molar-refractivity contribution in [3.05, 3.63) is 12.4 Å². The molecule has 1 saturated heterocycles. The predicted molar refractivity (Wildman–Crippen MR) is 68.7 cm³/mol. The van der Waals surface area contributed by atoms with Gasteiger partial charge in [0.25, 0.3) is 0 Å². The summed E-state index contributed by atoms with van der Waals surface area (Å²) < 4.78 is 27.4. The van der Waals surface area contributed by atoms with Gasteiger partial charge in [-0.1, -0.05) is 6.42 Å². The molecule has 18 heavy (non-hydrogen) atoms. The molecule has 1 atom stereocenters. The van der Waals surface area contributed by atoms with Crippen molar-refractivity contribution in [1.29, 1.82) is 0 Å². The number of rotatable bonds is 4. The zero-order valence-electron chi connectivity index (χ0n) is 10.8. The van der Waals surface area contributed by atoms with Crippen LogP contribution >= 0.6 is 0 Å². The first-order chi connectivity index (χ1) is 8.50. The highest BCUT2D eigenvalue weighted by Gasteiger charge is 2.25. The van der Waals surface area contributed by atoms with E-state index in [2.05, 4.69) is 10.4 Å². The average molecular weight is 272 g/mol. The van der Waals surface area contributed by atoms with Crippen LogP contribution in [-0.4, -0.2) is 48.7 Å². The molecule has 0 amide bonds. The highest BCUT2D eigenvalue weighted by atomic mass is 32.2. The van der Waals surface area contributed by atoms with Crippen molar-refractivity contribution in [2.24, 2.45) is 7.05 Å². The lowest BCUT2D eigenvalue weighted by atomic mass is 10.1. The minimum atomic E-state index is -3.41. The molecule has 6 nitrogen and oxygen atoms in total. The Balaban J connectivity index is 2.05. The zero-order chi connectivity index (χ0) is 13.2. The maximum absolute atomic E-state index is 12.3. The van der Waals surface area contributed by atoms with E-state index >= 15 is 0 Å². The van der Waals surface area contributed by atoms with E-state index in [1.807, 2.05) is 0 Å². The van der Waals surface area contributed by atoms with Gasteiger partial charge in [-0.2, -0.15) is 9.40 Å². The minimum absolute atomic E-state index is 0.253. The molecule has 102 valence electrons. The highest BCUT2D eigenvalue weighted by molar-refractivity contribution is 7.89. The first kappa shape index (κ1) is 13.5. The summed E-state index contributed by atoms with van der Waals surface area (Å²) in [6.45, 7) is 1.49. The summed E-state index contributed by atoms with van der Waals surface area (Å²) >= 11 is 0. The zero-order valence-corrected chi connectivity index (χ0v) is 11.7. The second-order valence-corrected chi connectivity index (χ2v) is 6.83. The van der Waals surface area contributed by atoms with Crippen molar-refractivity contribution >= 4 is 10.0 Å². The Labute approximate surface area is 108 Å². The molecular formula is C11H20N4O2S. The van der Waals surface area contributed by atoms with E-state index in [1.165, 1.54) is 34.2 Å². The molecule has 2 rings (SSSR count). The van der Waals surface area contributed by atoms with E-state index in [9.17, 15) is 8.42 Å². The first-order valence-corrected chi connectivity index (χ1v) is 7.62. The fraction of sp³-hybridized carbons (Fsp3) is 0.727. The Morgan fingerprint density at radius 2 is 2.33 bits per heavy atom. The smallest absolute Gasteiger partial charge is 0.245 e. The average Bonchev–Trinajstić information content (AvgIpc) is 2.78. The van der Waals surface area contributed by atoms with Crippen LogP contribution in [0, 0.1) is 0 Å². The first-order valence-electron chi connectivity index (χ1n) is 6.18. The topological polar surface area (TPSA) is 67.2 Å². The number of likely N-dealkylation sites (N-methyl/N-ethyl adjacent to an activating group) is 1. The number of hydrogen-bond donors (Lipinski definition) is 1. The molecule has 0 bridgehead atoms. The highest BCUT2D eigenvalue weighted by Crippen LogP contribution is 2.15. The molecule has 0 radical (unpaired) electrons. The summed E-state index contributed by atoms with van der Waals surface area (Å²) in [5.41, 5.74) is 0. The second-order valence-electron chi connectivity index (χ2n) is 4.78. The van der Waals surface area contributed by atoms with Crippen molar-refractivity contribution in [1.82, 2.24) is 19.4 Å². The van der Waals surface area contributed by atoms with Crippen LogP contribution in [0.5, 0.6) is 0 Å². The number of hydrogen-bond acceptors (Lipinski definition) is 4. The van der Waals surface area contributed by atoms with Gasteiger partial charge in [0.05, 0.1) is 6.20 Å². The van der Waals surface area contributed by atoms with Gasteiger partial charge in [-0.3, -0.25) is 4.68 Å². The molecule has 1 N–H and O–H groups in total. The molecule has 1 aliphatic heterocycles. The molecule has 0 saturated carbocycles. The predicted octanol–water partition coefficient (Wildman–Crippen LogP) is 0.183. The van der Waals surface area contributed by atoms with Crippen LogP contribution in [0.15, 0.2) is 17.3 Å². The maximum atomic E-state index is 12.3. The molecule has 0 spiro atoms. The summed E-state index contributed by atoms with van der Waals surface area (Å²) in [5.74, 6) is 0. The Morgan fingerprint density at radius 1 is 1.56 bits per heavy atom. The molecular weight excluding hydrogens is 252 g/mol. The Hall–Kier alpha value is -0.920. The summed E-state index contributed by atoms with van der Waals surface area (Å²) in [6, 6.07) is 0.259. The molecule has 1 aromatic heterocycles. The lowest BCUT2D eigenvalue weighted by molar-refractivity contribution is 0.337. The third-order valence-corrected chi connectivity index (χ3v) is 5.06. The lowest BCUT2D eigenvalue weighted by Gasteiger charge is -2.27. The lowest BCUT2D eigenvalue weighted by Crippen LogP contribution is -2.44. The number of nitrogens with zero attached hydrogens (tertiary/aromatic N) is 3. The van der Waals surface area contributed by atoms with E-state index in [0.29, 0.717) is 6.54 Å². The number of nitrogens with one attached hydrogen (secondary N) is 1. The molecule has 7 heteroatoms. The van der Waals surface area contributed by atoms with Crippen molar-refractivity contribution in [2.45, 2.75) is 30.2 Å². The van der Waals surface area contributed by atoms with E-state index < -0.39 is 10.0 Å². The van der Waals surface area contributed by atoms with E-state index in [-0.39, 0.29) is 10.9 Å². The standard InChI is InChI=1S/C11H20N4O2S/c1-14-9-11(7-13-14)18(16,17)15(2)8-10-5-3-4-6-12-10/h7,9-10,12H,3-6,8H2,1-2H3. The SMILES string of the molecule is CN(CC1CCCCN1)S(=O)(=O)c1cnn(C)c1. The van der Waals surface area contributed by atoms with Crippen molar-refractivity contribution in [3.63, 3.8) is 0 Å². The summed E-state index contributed by atoms with van der Waals surface area (Å²) in [7, 11) is -0.0739. The molecule has 1 fully saturated rings. The molecule has 0 aliphatic carbocycles. The van der Waals surface area contributed by atoms with Gasteiger partial charge in [-0.25, -0.2) is 8.42 Å². The Kier molecular flexibility index (Phi) is 4.04. The van der Waals surface area contributed by atoms with Crippen molar-refractivity contribution in [3.8, 4) is 0 Å². The Morgan fingerprint density at radius 3 is 2.89 bits per heavy atom. The van der Waals surface area contributed by atoms with Gasteiger partial charge in [-0.05, 0) is 19.4 Å². The van der Waals surface area contributed by atoms with E-state index in [4.69, 9.17) is 0 Å². The summed E-state index contributed by atoms with van der Waals surface area (Å²) in [4.78, 5) is 0.253. The van der Waals surface area contributed by atoms with Crippen molar-refractivity contribution in [2.75, 3.05) is 20.1 Å². The van der Waals surface area contributed by atoms with Crippen LogP contribution in [0.2, 0.25) is 0 Å². The fourth-order valence-corrected chi connectivity index (χ4v) is 3.40. The van der Waals surface area contributed by atoms with Gasteiger partial charge in [0.2, 0.25) is 10.0 Å². The van der Waals surface area contributed by atoms with Crippen LogP contribution in [0.1, 0.15) is 19.3 Å². The number of sulfonamides is 1. The number of aromatic nitrogens is 2. The van der Waals surface area contributed by atoms with Crippen LogP contribution in [-0.2, 0) is 17.1 Å². The number of aryl methyl sites for hydroxylation is 1. The second kappa shape index (κ2) is 5.38. The van der Waals surface area contributed by atoms with E-state index in [1.54, 1.807) is 14.1 Å². The van der Waals surface area contributed by atoms with Crippen molar-refractivity contribution < 1.29 is 8.42 Å². The summed E-state index contributed by atoms with van der Waals surface area (Å²) in [5, 5.41) is 7.26. The minimum Gasteiger partial charge on any atom is -0.313 e. The normalized spacial score (nSPS) is 21.4. The molecule has 1 aliphatic rings. The van der Waals surface area contributed by atoms with Crippen LogP contribution in [0.25, 0.3) is 0 Å². The molecule has 0 aromatic carbocycles. The molecule has 2 heterocycles. The van der Waals surface area contributed by atoms with Crippen LogP contribution in [0.3, 0.4) is 0 Å². The largest absolute Gasteiger partial charge is 0.313 e. The molecule has 1 aromatic rings. The van der Waals surface area contributed by atoms with Gasteiger partial charge in [0.15, 0.2) is 0 Å². The van der Waals surface area contributed by atoms with Crippen LogP contribution < -0.4 is 5.32 Å². The molecule has 1 unspecified atom stereocenters. The summed E-state index contributed by atoms with van der Waals surface area (Å²) in [6.07, 6.45) is 6.29.